The van der Waals surface area contributed by atoms with Crippen molar-refractivity contribution in [2.45, 2.75) is 25.5 Å². The Labute approximate surface area is 107 Å². The molecule has 1 aliphatic heterocycles. The zero-order chi connectivity index (χ0) is 12.3. The summed E-state index contributed by atoms with van der Waals surface area (Å²) in [6, 6.07) is 4.66. The average molecular weight is 302 g/mol. The van der Waals surface area contributed by atoms with E-state index < -0.39 is 0 Å². The van der Waals surface area contributed by atoms with Crippen molar-refractivity contribution in [1.29, 1.82) is 0 Å². The molecular formula is C12H13BrFNO2. The Morgan fingerprint density at radius 2 is 2.41 bits per heavy atom. The molecule has 5 heteroatoms. The van der Waals surface area contributed by atoms with Gasteiger partial charge in [0.15, 0.2) is 0 Å². The predicted octanol–water partition coefficient (Wildman–Crippen LogP) is 2.38. The van der Waals surface area contributed by atoms with Crippen molar-refractivity contribution in [1.82, 2.24) is 5.32 Å². The molecule has 1 N–H and O–H groups in total. The quantitative estimate of drug-likeness (QED) is 0.931. The highest BCUT2D eigenvalue weighted by molar-refractivity contribution is 9.10. The van der Waals surface area contributed by atoms with Gasteiger partial charge in [-0.15, -0.1) is 0 Å². The second kappa shape index (κ2) is 5.60. The summed E-state index contributed by atoms with van der Waals surface area (Å²) in [5.41, 5.74) is 0.464. The number of hydrogen-bond acceptors (Lipinski definition) is 2. The minimum Gasteiger partial charge on any atom is -0.368 e. The smallest absolute Gasteiger partial charge is 0.249 e. The van der Waals surface area contributed by atoms with Gasteiger partial charge < -0.3 is 10.1 Å². The molecule has 1 amide bonds. The third kappa shape index (κ3) is 3.26. The van der Waals surface area contributed by atoms with E-state index in [1.54, 1.807) is 12.1 Å². The second-order valence-electron chi connectivity index (χ2n) is 3.96. The molecule has 0 saturated carbocycles. The van der Waals surface area contributed by atoms with E-state index in [0.717, 1.165) is 17.3 Å². The van der Waals surface area contributed by atoms with Crippen molar-refractivity contribution >= 4 is 21.8 Å². The molecule has 3 nitrogen and oxygen atoms in total. The second-order valence-corrected chi connectivity index (χ2v) is 4.87. The van der Waals surface area contributed by atoms with Crippen LogP contribution in [0.15, 0.2) is 22.7 Å². The maximum absolute atomic E-state index is 13.4. The number of nitrogens with one attached hydrogen (secondary N) is 1. The van der Waals surface area contributed by atoms with Crippen molar-refractivity contribution < 1.29 is 13.9 Å². The van der Waals surface area contributed by atoms with Gasteiger partial charge in [0.1, 0.15) is 11.9 Å². The minimum absolute atomic E-state index is 0.165. The van der Waals surface area contributed by atoms with Gasteiger partial charge in [-0.25, -0.2) is 4.39 Å². The van der Waals surface area contributed by atoms with Gasteiger partial charge in [-0.3, -0.25) is 4.79 Å². The van der Waals surface area contributed by atoms with Gasteiger partial charge >= 0.3 is 0 Å². The monoisotopic (exact) mass is 301 g/mol. The van der Waals surface area contributed by atoms with Gasteiger partial charge in [-0.1, -0.05) is 15.9 Å². The lowest BCUT2D eigenvalue weighted by Gasteiger charge is -2.11. The zero-order valence-electron chi connectivity index (χ0n) is 9.21. The van der Waals surface area contributed by atoms with E-state index in [0.29, 0.717) is 12.2 Å². The van der Waals surface area contributed by atoms with E-state index in [1.165, 1.54) is 6.07 Å². The van der Waals surface area contributed by atoms with Gasteiger partial charge in [-0.2, -0.15) is 0 Å². The highest BCUT2D eigenvalue weighted by Crippen LogP contribution is 2.16. The number of amides is 1. The number of hydrogen-bond donors (Lipinski definition) is 1. The summed E-state index contributed by atoms with van der Waals surface area (Å²) in [5, 5.41) is 2.68. The van der Waals surface area contributed by atoms with Crippen LogP contribution in [0.3, 0.4) is 0 Å². The first-order valence-electron chi connectivity index (χ1n) is 5.50. The normalized spacial score (nSPS) is 19.3. The third-order valence-electron chi connectivity index (χ3n) is 2.68. The topological polar surface area (TPSA) is 38.3 Å². The molecule has 0 aromatic heterocycles. The lowest BCUT2D eigenvalue weighted by molar-refractivity contribution is -0.130. The van der Waals surface area contributed by atoms with E-state index in [9.17, 15) is 9.18 Å². The molecule has 1 aromatic rings. The van der Waals surface area contributed by atoms with Crippen molar-refractivity contribution in [2.75, 3.05) is 6.61 Å². The maximum Gasteiger partial charge on any atom is 0.249 e. The molecule has 1 atom stereocenters. The number of benzene rings is 1. The molecule has 1 aromatic carbocycles. The van der Waals surface area contributed by atoms with Gasteiger partial charge in [0.2, 0.25) is 5.91 Å². The summed E-state index contributed by atoms with van der Waals surface area (Å²) in [4.78, 5) is 11.6. The van der Waals surface area contributed by atoms with E-state index in [2.05, 4.69) is 21.2 Å². The largest absolute Gasteiger partial charge is 0.368 e. The first-order chi connectivity index (χ1) is 8.16. The third-order valence-corrected chi connectivity index (χ3v) is 3.18. The summed E-state index contributed by atoms with van der Waals surface area (Å²) in [6.07, 6.45) is 1.28. The SMILES string of the molecule is O=C(NCc1cc(Br)ccc1F)[C@@H]1CCCO1. The lowest BCUT2D eigenvalue weighted by Crippen LogP contribution is -2.33. The summed E-state index contributed by atoms with van der Waals surface area (Å²) < 4.78 is 19.4. The van der Waals surface area contributed by atoms with E-state index >= 15 is 0 Å². The van der Waals surface area contributed by atoms with Gasteiger partial charge in [0, 0.05) is 23.2 Å². The van der Waals surface area contributed by atoms with Gasteiger partial charge in [-0.05, 0) is 31.0 Å². The molecule has 92 valence electrons. The van der Waals surface area contributed by atoms with Crippen LogP contribution in [-0.2, 0) is 16.1 Å². The predicted molar refractivity (Wildman–Crippen MR) is 64.9 cm³/mol. The van der Waals surface area contributed by atoms with Crippen LogP contribution in [0.2, 0.25) is 0 Å². The van der Waals surface area contributed by atoms with Crippen LogP contribution in [0.25, 0.3) is 0 Å². The molecule has 1 saturated heterocycles. The molecule has 1 aliphatic rings. The molecule has 2 rings (SSSR count). The van der Waals surface area contributed by atoms with Gasteiger partial charge in [0.25, 0.3) is 0 Å². The van der Waals surface area contributed by atoms with Crippen LogP contribution in [0.5, 0.6) is 0 Å². The molecule has 1 fully saturated rings. The zero-order valence-corrected chi connectivity index (χ0v) is 10.8. The first-order valence-corrected chi connectivity index (χ1v) is 6.29. The Balaban J connectivity index is 1.92. The highest BCUT2D eigenvalue weighted by atomic mass is 79.9. The summed E-state index contributed by atoms with van der Waals surface area (Å²) in [5.74, 6) is -0.484. The number of carbonyl (C=O) groups is 1. The fraction of sp³-hybridized carbons (Fsp3) is 0.417. The molecule has 17 heavy (non-hydrogen) atoms. The highest BCUT2D eigenvalue weighted by Gasteiger charge is 2.23. The fourth-order valence-electron chi connectivity index (χ4n) is 1.76. The van der Waals surface area contributed by atoms with Crippen molar-refractivity contribution in [2.24, 2.45) is 0 Å². The van der Waals surface area contributed by atoms with Crippen molar-refractivity contribution in [3.63, 3.8) is 0 Å². The van der Waals surface area contributed by atoms with Crippen LogP contribution in [-0.4, -0.2) is 18.6 Å². The van der Waals surface area contributed by atoms with Crippen LogP contribution in [0.4, 0.5) is 4.39 Å². The summed E-state index contributed by atoms with van der Waals surface area (Å²) >= 11 is 3.27. The summed E-state index contributed by atoms with van der Waals surface area (Å²) in [6.45, 7) is 0.813. The Morgan fingerprint density at radius 3 is 3.12 bits per heavy atom. The summed E-state index contributed by atoms with van der Waals surface area (Å²) in [7, 11) is 0. The molecule has 0 aliphatic carbocycles. The molecule has 0 bridgehead atoms. The molecule has 0 radical (unpaired) electrons. The average Bonchev–Trinajstić information content (AvgIpc) is 2.83. The maximum atomic E-state index is 13.4. The Bertz CT molecular complexity index is 419. The van der Waals surface area contributed by atoms with Gasteiger partial charge in [0.05, 0.1) is 0 Å². The van der Waals surface area contributed by atoms with E-state index in [1.807, 2.05) is 0 Å². The number of ether oxygens (including phenoxy) is 1. The Kier molecular flexibility index (Phi) is 4.12. The van der Waals surface area contributed by atoms with Crippen molar-refractivity contribution in [3.05, 3.63) is 34.1 Å². The fourth-order valence-corrected chi connectivity index (χ4v) is 2.17. The number of carbonyl (C=O) groups excluding carboxylic acids is 1. The minimum atomic E-state index is -0.370. The van der Waals surface area contributed by atoms with Crippen LogP contribution < -0.4 is 5.32 Å². The molecule has 1 heterocycles. The van der Waals surface area contributed by atoms with Crippen LogP contribution >= 0.6 is 15.9 Å². The van der Waals surface area contributed by atoms with Crippen LogP contribution in [0.1, 0.15) is 18.4 Å². The molecule has 0 unspecified atom stereocenters. The Morgan fingerprint density at radius 1 is 1.59 bits per heavy atom. The van der Waals surface area contributed by atoms with E-state index in [4.69, 9.17) is 4.74 Å². The van der Waals surface area contributed by atoms with Crippen molar-refractivity contribution in [3.8, 4) is 0 Å². The lowest BCUT2D eigenvalue weighted by atomic mass is 10.2. The standard InChI is InChI=1S/C12H13BrFNO2/c13-9-3-4-10(14)8(6-9)7-15-12(16)11-2-1-5-17-11/h3-4,6,11H,1-2,5,7H2,(H,15,16)/t11-/m0/s1. The Hall–Kier alpha value is -0.940. The van der Waals surface area contributed by atoms with E-state index in [-0.39, 0.29) is 24.4 Å². The van der Waals surface area contributed by atoms with Crippen LogP contribution in [0, 0.1) is 5.82 Å². The number of rotatable bonds is 3. The first kappa shape index (κ1) is 12.5. The number of halogens is 2. The molecule has 0 spiro atoms. The molecular weight excluding hydrogens is 289 g/mol.